The molecule has 6 heteroatoms. The quantitative estimate of drug-likeness (QED) is 0.865. The molecule has 0 spiro atoms. The Bertz CT molecular complexity index is 687. The number of aromatic nitrogens is 1. The largest absolute Gasteiger partial charge is 0.475 e. The van der Waals surface area contributed by atoms with E-state index in [0.29, 0.717) is 16.8 Å². The van der Waals surface area contributed by atoms with E-state index in [0.717, 1.165) is 11.1 Å². The number of nitrogens with zero attached hydrogens (tertiary/aromatic N) is 1. The molecular weight excluding hydrogens is 262 g/mol. The van der Waals surface area contributed by atoms with Gasteiger partial charge in [-0.05, 0) is 37.1 Å². The zero-order valence-corrected chi connectivity index (χ0v) is 11.3. The van der Waals surface area contributed by atoms with E-state index in [1.165, 1.54) is 13.2 Å². The van der Waals surface area contributed by atoms with Crippen molar-refractivity contribution in [3.63, 3.8) is 0 Å². The van der Waals surface area contributed by atoms with Gasteiger partial charge in [0.15, 0.2) is 0 Å². The fourth-order valence-corrected chi connectivity index (χ4v) is 1.84. The van der Waals surface area contributed by atoms with Gasteiger partial charge < -0.3 is 14.4 Å². The molecule has 20 heavy (non-hydrogen) atoms. The van der Waals surface area contributed by atoms with Crippen LogP contribution in [0, 0.1) is 13.8 Å². The number of methoxy groups -OCH3 is 1. The minimum absolute atomic E-state index is 0.252. The highest BCUT2D eigenvalue weighted by Crippen LogP contribution is 2.25. The summed E-state index contributed by atoms with van der Waals surface area (Å²) < 4.78 is 9.44. The molecule has 0 aliphatic carbocycles. The Morgan fingerprint density at radius 1 is 1.25 bits per heavy atom. The Morgan fingerprint density at radius 2 is 1.95 bits per heavy atom. The van der Waals surface area contributed by atoms with E-state index < -0.39 is 11.9 Å². The number of carbonyl (C=O) groups excluding carboxylic acids is 1. The van der Waals surface area contributed by atoms with Crippen LogP contribution in [0.2, 0.25) is 0 Å². The van der Waals surface area contributed by atoms with Crippen LogP contribution in [0.1, 0.15) is 32.0 Å². The first kappa shape index (κ1) is 13.8. The Kier molecular flexibility index (Phi) is 3.56. The maximum atomic E-state index is 11.7. The standard InChI is InChI=1S/C14H13NO5/c1-7-4-9(5-10(8(7)2)14(18)19-3)11-6-12(13(16)17)20-15-11/h4-6H,1-3H3,(H,16,17). The number of esters is 1. The molecule has 6 nitrogen and oxygen atoms in total. The molecule has 1 aromatic heterocycles. The second kappa shape index (κ2) is 5.16. The maximum Gasteiger partial charge on any atom is 0.374 e. The molecule has 0 saturated carbocycles. The minimum Gasteiger partial charge on any atom is -0.475 e. The minimum atomic E-state index is -1.19. The summed E-state index contributed by atoms with van der Waals surface area (Å²) in [5.74, 6) is -1.90. The van der Waals surface area contributed by atoms with Crippen molar-refractivity contribution < 1.29 is 24.0 Å². The first-order chi connectivity index (χ1) is 9.43. The highest BCUT2D eigenvalue weighted by atomic mass is 16.5. The van der Waals surface area contributed by atoms with Crippen molar-refractivity contribution in [2.24, 2.45) is 0 Å². The Labute approximate surface area is 115 Å². The zero-order chi connectivity index (χ0) is 14.9. The van der Waals surface area contributed by atoms with Gasteiger partial charge in [-0.3, -0.25) is 0 Å². The molecule has 0 aliphatic heterocycles. The normalized spacial score (nSPS) is 10.3. The number of aryl methyl sites for hydroxylation is 1. The number of carboxylic acids is 1. The average Bonchev–Trinajstić information content (AvgIpc) is 2.90. The molecular formula is C14H13NO5. The van der Waals surface area contributed by atoms with Crippen molar-refractivity contribution in [2.45, 2.75) is 13.8 Å². The number of carboxylic acid groups (broad SMARTS) is 1. The van der Waals surface area contributed by atoms with Gasteiger partial charge in [0.1, 0.15) is 5.69 Å². The van der Waals surface area contributed by atoms with E-state index in [-0.39, 0.29) is 5.76 Å². The molecule has 0 saturated heterocycles. The number of benzene rings is 1. The topological polar surface area (TPSA) is 89.6 Å². The summed E-state index contributed by atoms with van der Waals surface area (Å²) >= 11 is 0. The maximum absolute atomic E-state index is 11.7. The van der Waals surface area contributed by atoms with Crippen molar-refractivity contribution in [1.82, 2.24) is 5.16 Å². The van der Waals surface area contributed by atoms with Gasteiger partial charge in [-0.25, -0.2) is 9.59 Å². The average molecular weight is 275 g/mol. The summed E-state index contributed by atoms with van der Waals surface area (Å²) in [5, 5.41) is 12.5. The van der Waals surface area contributed by atoms with Crippen LogP contribution >= 0.6 is 0 Å². The highest BCUT2D eigenvalue weighted by Gasteiger charge is 2.17. The number of ether oxygens (including phenoxy) is 1. The molecule has 0 unspecified atom stereocenters. The number of hydrogen-bond donors (Lipinski definition) is 1. The molecule has 2 aromatic rings. The SMILES string of the molecule is COC(=O)c1cc(-c2cc(C(=O)O)on2)cc(C)c1C. The van der Waals surface area contributed by atoms with Gasteiger partial charge in [0.25, 0.3) is 0 Å². The van der Waals surface area contributed by atoms with Gasteiger partial charge in [0, 0.05) is 11.6 Å². The molecule has 0 radical (unpaired) electrons. The molecule has 104 valence electrons. The number of carbonyl (C=O) groups is 2. The smallest absolute Gasteiger partial charge is 0.374 e. The zero-order valence-electron chi connectivity index (χ0n) is 11.3. The van der Waals surface area contributed by atoms with Gasteiger partial charge in [0.2, 0.25) is 5.76 Å². The molecule has 0 amide bonds. The molecule has 1 aromatic carbocycles. The number of hydrogen-bond acceptors (Lipinski definition) is 5. The number of rotatable bonds is 3. The van der Waals surface area contributed by atoms with E-state index in [2.05, 4.69) is 5.16 Å². The van der Waals surface area contributed by atoms with Crippen LogP contribution in [0.4, 0.5) is 0 Å². The monoisotopic (exact) mass is 275 g/mol. The third kappa shape index (κ3) is 2.40. The first-order valence-corrected chi connectivity index (χ1v) is 5.84. The predicted octanol–water partition coefficient (Wildman–Crippen LogP) is 2.44. The Hall–Kier alpha value is -2.63. The lowest BCUT2D eigenvalue weighted by atomic mass is 9.98. The van der Waals surface area contributed by atoms with Crippen LogP contribution in [0.5, 0.6) is 0 Å². The second-order valence-corrected chi connectivity index (χ2v) is 4.34. The Morgan fingerprint density at radius 3 is 2.50 bits per heavy atom. The second-order valence-electron chi connectivity index (χ2n) is 4.34. The summed E-state index contributed by atoms with van der Waals surface area (Å²) in [6.45, 7) is 3.67. The van der Waals surface area contributed by atoms with Crippen LogP contribution in [0.15, 0.2) is 22.7 Å². The first-order valence-electron chi connectivity index (χ1n) is 5.84. The molecule has 1 N–H and O–H groups in total. The van der Waals surface area contributed by atoms with Crippen molar-refractivity contribution in [1.29, 1.82) is 0 Å². The third-order valence-electron chi connectivity index (χ3n) is 3.09. The number of aromatic carboxylic acids is 1. The lowest BCUT2D eigenvalue weighted by Crippen LogP contribution is -2.05. The molecule has 0 atom stereocenters. The van der Waals surface area contributed by atoms with Crippen molar-refractivity contribution in [2.75, 3.05) is 7.11 Å². The van der Waals surface area contributed by atoms with E-state index in [9.17, 15) is 9.59 Å². The van der Waals surface area contributed by atoms with Gasteiger partial charge in [0.05, 0.1) is 12.7 Å². The van der Waals surface area contributed by atoms with Gasteiger partial charge in [-0.15, -0.1) is 0 Å². The lowest BCUT2D eigenvalue weighted by Gasteiger charge is -2.09. The van der Waals surface area contributed by atoms with Gasteiger partial charge in [-0.2, -0.15) is 0 Å². The fourth-order valence-electron chi connectivity index (χ4n) is 1.84. The summed E-state index contributed by atoms with van der Waals surface area (Å²) in [6.07, 6.45) is 0. The van der Waals surface area contributed by atoms with Gasteiger partial charge in [-0.1, -0.05) is 5.16 Å². The van der Waals surface area contributed by atoms with Crippen molar-refractivity contribution in [3.8, 4) is 11.3 Å². The third-order valence-corrected chi connectivity index (χ3v) is 3.09. The fraction of sp³-hybridized carbons (Fsp3) is 0.214. The Balaban J connectivity index is 2.54. The van der Waals surface area contributed by atoms with Gasteiger partial charge >= 0.3 is 11.9 Å². The van der Waals surface area contributed by atoms with E-state index in [1.54, 1.807) is 6.07 Å². The molecule has 0 bridgehead atoms. The summed E-state index contributed by atoms with van der Waals surface area (Å²) in [5.41, 5.74) is 3.06. The highest BCUT2D eigenvalue weighted by molar-refractivity contribution is 5.93. The van der Waals surface area contributed by atoms with Crippen LogP contribution in [0.25, 0.3) is 11.3 Å². The van der Waals surface area contributed by atoms with E-state index >= 15 is 0 Å². The lowest BCUT2D eigenvalue weighted by molar-refractivity contribution is 0.0598. The molecule has 0 aliphatic rings. The molecule has 2 rings (SSSR count). The van der Waals surface area contributed by atoms with Crippen molar-refractivity contribution >= 4 is 11.9 Å². The van der Waals surface area contributed by atoms with E-state index in [1.807, 2.05) is 19.9 Å². The molecule has 1 heterocycles. The summed E-state index contributed by atoms with van der Waals surface area (Å²) in [6, 6.07) is 4.73. The summed E-state index contributed by atoms with van der Waals surface area (Å²) in [4.78, 5) is 22.5. The summed E-state index contributed by atoms with van der Waals surface area (Å²) in [7, 11) is 1.31. The van der Waals surface area contributed by atoms with Crippen LogP contribution in [0.3, 0.4) is 0 Å². The van der Waals surface area contributed by atoms with Crippen LogP contribution < -0.4 is 0 Å². The van der Waals surface area contributed by atoms with E-state index in [4.69, 9.17) is 14.4 Å². The van der Waals surface area contributed by atoms with Crippen molar-refractivity contribution in [3.05, 3.63) is 40.6 Å². The van der Waals surface area contributed by atoms with Crippen LogP contribution in [-0.4, -0.2) is 29.3 Å². The predicted molar refractivity (Wildman–Crippen MR) is 69.7 cm³/mol. The van der Waals surface area contributed by atoms with Crippen LogP contribution in [-0.2, 0) is 4.74 Å². The molecule has 0 fully saturated rings.